The van der Waals surface area contributed by atoms with Crippen LogP contribution < -0.4 is 10.6 Å². The summed E-state index contributed by atoms with van der Waals surface area (Å²) in [7, 11) is 0. The van der Waals surface area contributed by atoms with E-state index in [1.54, 1.807) is 37.5 Å². The van der Waals surface area contributed by atoms with Crippen LogP contribution in [-0.2, 0) is 4.79 Å². The van der Waals surface area contributed by atoms with Gasteiger partial charge in [0.2, 0.25) is 5.91 Å². The van der Waals surface area contributed by atoms with Crippen molar-refractivity contribution in [3.8, 4) is 10.8 Å². The average molecular weight is 446 g/mol. The number of anilines is 1. The highest BCUT2D eigenvalue weighted by molar-refractivity contribution is 9.10. The maximum Gasteiger partial charge on any atom is 0.263 e. The molecule has 0 saturated carbocycles. The predicted octanol–water partition coefficient (Wildman–Crippen LogP) is 3.43. The minimum atomic E-state index is -0.261. The number of nitrogens with one attached hydrogen (secondary N) is 2. The topological polar surface area (TPSA) is 96.9 Å². The van der Waals surface area contributed by atoms with Gasteiger partial charge in [0.1, 0.15) is 4.88 Å². The second-order valence-corrected chi connectivity index (χ2v) is 7.48. The van der Waals surface area contributed by atoms with Gasteiger partial charge in [-0.1, -0.05) is 15.9 Å². The minimum absolute atomic E-state index is 0.169. The third-order valence-corrected chi connectivity index (χ3v) is 5.21. The molecule has 27 heavy (non-hydrogen) atoms. The Morgan fingerprint density at radius 3 is 2.56 bits per heavy atom. The lowest BCUT2D eigenvalue weighted by Gasteiger charge is -2.06. The summed E-state index contributed by atoms with van der Waals surface area (Å²) in [5.74, 6) is 0.0548. The van der Waals surface area contributed by atoms with E-state index in [9.17, 15) is 9.59 Å². The number of carbonyl (C=O) groups excluding carboxylic acids is 2. The van der Waals surface area contributed by atoms with Gasteiger partial charge in [0.25, 0.3) is 5.91 Å². The first-order chi connectivity index (χ1) is 13.0. The summed E-state index contributed by atoms with van der Waals surface area (Å²) in [5, 5.41) is 6.12. The zero-order valence-corrected chi connectivity index (χ0v) is 16.8. The molecule has 0 aliphatic heterocycles. The highest BCUT2D eigenvalue weighted by Gasteiger charge is 2.17. The molecule has 138 valence electrons. The lowest BCUT2D eigenvalue weighted by atomic mass is 10.3. The van der Waals surface area contributed by atoms with Crippen molar-refractivity contribution in [1.82, 2.24) is 20.3 Å². The van der Waals surface area contributed by atoms with Crippen LogP contribution in [0.3, 0.4) is 0 Å². The van der Waals surface area contributed by atoms with Crippen molar-refractivity contribution < 1.29 is 9.59 Å². The van der Waals surface area contributed by atoms with Crippen molar-refractivity contribution in [2.24, 2.45) is 0 Å². The van der Waals surface area contributed by atoms with Gasteiger partial charge in [-0.3, -0.25) is 9.59 Å². The Morgan fingerprint density at radius 1 is 1.15 bits per heavy atom. The third kappa shape index (κ3) is 5.18. The smallest absolute Gasteiger partial charge is 0.263 e. The van der Waals surface area contributed by atoms with Crippen LogP contribution in [-0.4, -0.2) is 33.3 Å². The molecule has 0 fully saturated rings. The van der Waals surface area contributed by atoms with Crippen LogP contribution >= 0.6 is 27.3 Å². The molecule has 7 nitrogen and oxygen atoms in total. The molecule has 9 heteroatoms. The fraction of sp³-hybridized carbons (Fsp3) is 0.167. The number of thiazole rings is 1. The molecule has 0 saturated heterocycles. The van der Waals surface area contributed by atoms with Crippen LogP contribution in [0.1, 0.15) is 21.8 Å². The largest absolute Gasteiger partial charge is 0.351 e. The van der Waals surface area contributed by atoms with E-state index in [1.165, 1.54) is 11.3 Å². The number of benzene rings is 1. The molecule has 2 amide bonds. The number of carbonyl (C=O) groups is 2. The summed E-state index contributed by atoms with van der Waals surface area (Å²) >= 11 is 4.57. The molecule has 0 atom stereocenters. The number of amides is 2. The second kappa shape index (κ2) is 8.83. The Labute approximate surface area is 168 Å². The molecule has 2 aromatic heterocycles. The highest BCUT2D eigenvalue weighted by atomic mass is 79.9. The number of aryl methyl sites for hydroxylation is 1. The first-order valence-electron chi connectivity index (χ1n) is 8.11. The molecular formula is C18H16BrN5O2S. The molecule has 0 aliphatic rings. The number of rotatable bonds is 6. The fourth-order valence-corrected chi connectivity index (χ4v) is 3.43. The van der Waals surface area contributed by atoms with Crippen LogP contribution in [0.4, 0.5) is 5.69 Å². The number of aromatic nitrogens is 3. The molecule has 2 heterocycles. The van der Waals surface area contributed by atoms with E-state index in [0.29, 0.717) is 27.1 Å². The van der Waals surface area contributed by atoms with Crippen LogP contribution in [0.2, 0.25) is 0 Å². The first-order valence-corrected chi connectivity index (χ1v) is 9.72. The van der Waals surface area contributed by atoms with Gasteiger partial charge in [-0.2, -0.15) is 0 Å². The standard InChI is InChI=1S/C18H16BrN5O2S/c1-11-15(27-18(23-11)16-20-8-2-9-21-16)17(26)22-10-7-14(25)24-13-5-3-12(19)4-6-13/h2-6,8-9H,7,10H2,1H3,(H,22,26)(H,24,25). The van der Waals surface area contributed by atoms with Gasteiger partial charge in [0.05, 0.1) is 5.69 Å². The van der Waals surface area contributed by atoms with E-state index in [1.807, 2.05) is 12.1 Å². The first kappa shape index (κ1) is 19.1. The molecule has 3 rings (SSSR count). The van der Waals surface area contributed by atoms with Gasteiger partial charge < -0.3 is 10.6 Å². The Bertz CT molecular complexity index is 944. The zero-order chi connectivity index (χ0) is 19.2. The van der Waals surface area contributed by atoms with E-state index in [0.717, 1.165) is 4.47 Å². The molecule has 0 aliphatic carbocycles. The summed E-state index contributed by atoms with van der Waals surface area (Å²) < 4.78 is 0.938. The summed E-state index contributed by atoms with van der Waals surface area (Å²) in [6, 6.07) is 9.01. The lowest BCUT2D eigenvalue weighted by Crippen LogP contribution is -2.27. The monoisotopic (exact) mass is 445 g/mol. The van der Waals surface area contributed by atoms with Crippen LogP contribution in [0.25, 0.3) is 10.8 Å². The SMILES string of the molecule is Cc1nc(-c2ncccn2)sc1C(=O)NCCC(=O)Nc1ccc(Br)cc1. The Morgan fingerprint density at radius 2 is 1.85 bits per heavy atom. The number of hydrogen-bond donors (Lipinski definition) is 2. The van der Waals surface area contributed by atoms with E-state index in [-0.39, 0.29) is 24.8 Å². The van der Waals surface area contributed by atoms with Gasteiger partial charge in [-0.05, 0) is 37.3 Å². The maximum atomic E-state index is 12.4. The van der Waals surface area contributed by atoms with E-state index in [4.69, 9.17) is 0 Å². The van der Waals surface area contributed by atoms with E-state index >= 15 is 0 Å². The Hall–Kier alpha value is -2.65. The minimum Gasteiger partial charge on any atom is -0.351 e. The summed E-state index contributed by atoms with van der Waals surface area (Å²) in [5.41, 5.74) is 1.32. The average Bonchev–Trinajstić information content (AvgIpc) is 3.06. The van der Waals surface area contributed by atoms with Gasteiger partial charge in [0.15, 0.2) is 10.8 Å². The van der Waals surface area contributed by atoms with Crippen molar-refractivity contribution >= 4 is 44.8 Å². The highest BCUT2D eigenvalue weighted by Crippen LogP contribution is 2.24. The third-order valence-electron chi connectivity index (χ3n) is 3.53. The zero-order valence-electron chi connectivity index (χ0n) is 14.4. The summed E-state index contributed by atoms with van der Waals surface area (Å²) in [6.45, 7) is 1.99. The Kier molecular flexibility index (Phi) is 6.25. The quantitative estimate of drug-likeness (QED) is 0.605. The van der Waals surface area contributed by atoms with Gasteiger partial charge in [0, 0.05) is 35.5 Å². The molecule has 0 radical (unpaired) electrons. The van der Waals surface area contributed by atoms with Gasteiger partial charge in [-0.25, -0.2) is 15.0 Å². The van der Waals surface area contributed by atoms with E-state index < -0.39 is 0 Å². The molecule has 3 aromatic rings. The van der Waals surface area contributed by atoms with Gasteiger partial charge in [-0.15, -0.1) is 11.3 Å². The van der Waals surface area contributed by atoms with Crippen LogP contribution in [0.15, 0.2) is 47.2 Å². The van der Waals surface area contributed by atoms with Crippen molar-refractivity contribution in [2.45, 2.75) is 13.3 Å². The van der Waals surface area contributed by atoms with Crippen molar-refractivity contribution in [2.75, 3.05) is 11.9 Å². The Balaban J connectivity index is 1.53. The van der Waals surface area contributed by atoms with Crippen LogP contribution in [0.5, 0.6) is 0 Å². The normalized spacial score (nSPS) is 10.4. The number of hydrogen-bond acceptors (Lipinski definition) is 6. The van der Waals surface area contributed by atoms with Gasteiger partial charge >= 0.3 is 0 Å². The van der Waals surface area contributed by atoms with Crippen molar-refractivity contribution in [1.29, 1.82) is 0 Å². The van der Waals surface area contributed by atoms with Crippen molar-refractivity contribution in [3.63, 3.8) is 0 Å². The van der Waals surface area contributed by atoms with E-state index in [2.05, 4.69) is 41.5 Å². The summed E-state index contributed by atoms with van der Waals surface area (Å²) in [4.78, 5) is 37.5. The van der Waals surface area contributed by atoms with Crippen LogP contribution in [0, 0.1) is 6.92 Å². The molecular weight excluding hydrogens is 430 g/mol. The predicted molar refractivity (Wildman–Crippen MR) is 108 cm³/mol. The number of halogens is 1. The number of nitrogens with zero attached hydrogens (tertiary/aromatic N) is 3. The maximum absolute atomic E-state index is 12.4. The summed E-state index contributed by atoms with van der Waals surface area (Å²) in [6.07, 6.45) is 3.43. The molecule has 0 bridgehead atoms. The molecule has 0 unspecified atom stereocenters. The van der Waals surface area contributed by atoms with Crippen molar-refractivity contribution in [3.05, 3.63) is 57.8 Å². The molecule has 2 N–H and O–H groups in total. The molecule has 0 spiro atoms. The molecule has 1 aromatic carbocycles. The fourth-order valence-electron chi connectivity index (χ4n) is 2.24. The lowest BCUT2D eigenvalue weighted by molar-refractivity contribution is -0.116. The second-order valence-electron chi connectivity index (χ2n) is 5.57.